The summed E-state index contributed by atoms with van der Waals surface area (Å²) in [6, 6.07) is 15.6. The molecule has 0 saturated carbocycles. The molecule has 0 saturated heterocycles. The monoisotopic (exact) mass is 342 g/mol. The maximum Gasteiger partial charge on any atom is 0.171 e. The van der Waals surface area contributed by atoms with Gasteiger partial charge in [0.15, 0.2) is 5.11 Å². The smallest absolute Gasteiger partial charge is 0.171 e. The molecule has 0 spiro atoms. The lowest BCUT2D eigenvalue weighted by atomic mass is 10.2. The normalized spacial score (nSPS) is 9.88. The number of nitrogens with one attached hydrogen (secondary N) is 2. The summed E-state index contributed by atoms with van der Waals surface area (Å²) in [5, 5.41) is 6.90. The highest BCUT2D eigenvalue weighted by Gasteiger charge is 2.00. The second kappa shape index (κ2) is 9.57. The first-order valence-corrected chi connectivity index (χ1v) is 8.22. The molecule has 0 atom stereocenters. The van der Waals surface area contributed by atoms with E-state index in [0.717, 1.165) is 22.7 Å². The topological polar surface area (TPSA) is 42.5 Å². The summed E-state index contributed by atoms with van der Waals surface area (Å²) >= 11 is 5.31. The Morgan fingerprint density at radius 1 is 1.04 bits per heavy atom. The first-order valence-electron chi connectivity index (χ1n) is 7.81. The van der Waals surface area contributed by atoms with Crippen LogP contribution < -0.4 is 20.1 Å². The molecule has 0 amide bonds. The van der Waals surface area contributed by atoms with Gasteiger partial charge >= 0.3 is 0 Å². The van der Waals surface area contributed by atoms with Crippen molar-refractivity contribution in [1.82, 2.24) is 5.32 Å². The van der Waals surface area contributed by atoms with E-state index < -0.39 is 0 Å². The van der Waals surface area contributed by atoms with E-state index in [4.69, 9.17) is 21.7 Å². The third-order valence-electron chi connectivity index (χ3n) is 3.17. The summed E-state index contributed by atoms with van der Waals surface area (Å²) in [4.78, 5) is 0. The van der Waals surface area contributed by atoms with Crippen LogP contribution in [0.25, 0.3) is 0 Å². The van der Waals surface area contributed by atoms with Gasteiger partial charge in [-0.3, -0.25) is 0 Å². The molecule has 4 nitrogen and oxygen atoms in total. The molecule has 0 fully saturated rings. The van der Waals surface area contributed by atoms with Gasteiger partial charge in [0.25, 0.3) is 0 Å². The van der Waals surface area contributed by atoms with E-state index >= 15 is 0 Å². The van der Waals surface area contributed by atoms with Crippen molar-refractivity contribution in [2.24, 2.45) is 0 Å². The van der Waals surface area contributed by atoms with Gasteiger partial charge in [-0.25, -0.2) is 0 Å². The van der Waals surface area contributed by atoms with Crippen molar-refractivity contribution in [3.05, 3.63) is 66.7 Å². The van der Waals surface area contributed by atoms with Gasteiger partial charge in [0.05, 0.1) is 6.61 Å². The number of hydrogen-bond donors (Lipinski definition) is 2. The van der Waals surface area contributed by atoms with Crippen LogP contribution in [0.15, 0.2) is 61.2 Å². The lowest BCUT2D eigenvalue weighted by molar-refractivity contribution is 0.340. The summed E-state index contributed by atoms with van der Waals surface area (Å²) in [6.45, 7) is 7.41. The van der Waals surface area contributed by atoms with Gasteiger partial charge in [-0.1, -0.05) is 24.8 Å². The number of anilines is 1. The first kappa shape index (κ1) is 17.8. The van der Waals surface area contributed by atoms with E-state index in [-0.39, 0.29) is 0 Å². The number of benzene rings is 2. The molecule has 2 N–H and O–H groups in total. The highest BCUT2D eigenvalue weighted by molar-refractivity contribution is 7.80. The molecule has 2 rings (SSSR count). The van der Waals surface area contributed by atoms with Crippen LogP contribution in [0.3, 0.4) is 0 Å². The summed E-state index contributed by atoms with van der Waals surface area (Å²) in [5.41, 5.74) is 2.04. The largest absolute Gasteiger partial charge is 0.494 e. The molecule has 2 aromatic carbocycles. The van der Waals surface area contributed by atoms with Gasteiger partial charge in [0.1, 0.15) is 18.1 Å². The van der Waals surface area contributed by atoms with Crippen LogP contribution in [0.2, 0.25) is 0 Å². The van der Waals surface area contributed by atoms with Crippen molar-refractivity contribution in [3.8, 4) is 11.5 Å². The van der Waals surface area contributed by atoms with Gasteiger partial charge < -0.3 is 20.1 Å². The Kier molecular flexibility index (Phi) is 7.11. The molecule has 0 radical (unpaired) electrons. The fraction of sp³-hybridized carbons (Fsp3) is 0.211. The Morgan fingerprint density at radius 2 is 1.67 bits per heavy atom. The highest BCUT2D eigenvalue weighted by Crippen LogP contribution is 2.16. The van der Waals surface area contributed by atoms with E-state index in [1.807, 2.05) is 55.5 Å². The van der Waals surface area contributed by atoms with Crippen LogP contribution in [0.1, 0.15) is 12.5 Å². The van der Waals surface area contributed by atoms with Crippen LogP contribution in [-0.4, -0.2) is 18.3 Å². The van der Waals surface area contributed by atoms with Crippen molar-refractivity contribution in [3.63, 3.8) is 0 Å². The molecule has 0 aromatic heterocycles. The molecule has 2 aromatic rings. The van der Waals surface area contributed by atoms with Crippen molar-refractivity contribution < 1.29 is 9.47 Å². The molecule has 0 unspecified atom stereocenters. The maximum atomic E-state index is 5.44. The van der Waals surface area contributed by atoms with E-state index in [1.165, 1.54) is 0 Å². The minimum atomic E-state index is 0.495. The molecule has 0 bridgehead atoms. The summed E-state index contributed by atoms with van der Waals surface area (Å²) < 4.78 is 10.9. The second-order valence-corrected chi connectivity index (χ2v) is 5.42. The Labute approximate surface area is 148 Å². The van der Waals surface area contributed by atoms with Gasteiger partial charge in [0.2, 0.25) is 0 Å². The van der Waals surface area contributed by atoms with E-state index in [2.05, 4.69) is 17.2 Å². The summed E-state index contributed by atoms with van der Waals surface area (Å²) in [5.74, 6) is 1.68. The number of hydrogen-bond acceptors (Lipinski definition) is 3. The predicted octanol–water partition coefficient (Wildman–Crippen LogP) is 4.14. The van der Waals surface area contributed by atoms with Gasteiger partial charge in [-0.15, -0.1) is 0 Å². The van der Waals surface area contributed by atoms with E-state index in [1.54, 1.807) is 6.08 Å². The molecular weight excluding hydrogens is 320 g/mol. The first-order chi connectivity index (χ1) is 11.7. The van der Waals surface area contributed by atoms with E-state index in [9.17, 15) is 0 Å². The zero-order valence-corrected chi connectivity index (χ0v) is 14.6. The maximum absolute atomic E-state index is 5.44. The van der Waals surface area contributed by atoms with Crippen LogP contribution in [0, 0.1) is 0 Å². The van der Waals surface area contributed by atoms with Gasteiger partial charge in [-0.2, -0.15) is 0 Å². The summed E-state index contributed by atoms with van der Waals surface area (Å²) in [7, 11) is 0. The van der Waals surface area contributed by atoms with Crippen LogP contribution >= 0.6 is 12.2 Å². The van der Waals surface area contributed by atoms with Crippen molar-refractivity contribution in [1.29, 1.82) is 0 Å². The quantitative estimate of drug-likeness (QED) is 0.557. The van der Waals surface area contributed by atoms with Gasteiger partial charge in [0, 0.05) is 12.2 Å². The standard InChI is InChI=1S/C19H22N2O2S/c1-3-13-23-18-11-7-16(8-12-18)21-19(24)20-14-15-5-9-17(10-6-15)22-4-2/h3,5-12H,1,4,13-14H2,2H3,(H2,20,21,24). The average molecular weight is 342 g/mol. The molecule has 0 aliphatic carbocycles. The Hall–Kier alpha value is -2.53. The van der Waals surface area contributed by atoms with Crippen molar-refractivity contribution >= 4 is 23.0 Å². The zero-order chi connectivity index (χ0) is 17.2. The second-order valence-electron chi connectivity index (χ2n) is 5.01. The van der Waals surface area contributed by atoms with Crippen molar-refractivity contribution in [2.75, 3.05) is 18.5 Å². The third-order valence-corrected chi connectivity index (χ3v) is 3.41. The summed E-state index contributed by atoms with van der Waals surface area (Å²) in [6.07, 6.45) is 1.71. The number of thiocarbonyl (C=S) groups is 1. The Bertz CT molecular complexity index is 654. The predicted molar refractivity (Wildman–Crippen MR) is 103 cm³/mol. The third kappa shape index (κ3) is 5.93. The van der Waals surface area contributed by atoms with E-state index in [0.29, 0.717) is 24.9 Å². The molecular formula is C19H22N2O2S. The SMILES string of the molecule is C=CCOc1ccc(NC(=S)NCc2ccc(OCC)cc2)cc1. The molecule has 24 heavy (non-hydrogen) atoms. The average Bonchev–Trinajstić information content (AvgIpc) is 2.61. The van der Waals surface area contributed by atoms with Crippen LogP contribution in [-0.2, 0) is 6.54 Å². The molecule has 126 valence electrons. The fourth-order valence-corrected chi connectivity index (χ4v) is 2.21. The molecule has 0 aliphatic rings. The Morgan fingerprint density at radius 3 is 2.29 bits per heavy atom. The highest BCUT2D eigenvalue weighted by atomic mass is 32.1. The zero-order valence-electron chi connectivity index (χ0n) is 13.7. The lowest BCUT2D eigenvalue weighted by Gasteiger charge is -2.11. The van der Waals surface area contributed by atoms with Crippen molar-refractivity contribution in [2.45, 2.75) is 13.5 Å². The minimum absolute atomic E-state index is 0.495. The Balaban J connectivity index is 1.79. The minimum Gasteiger partial charge on any atom is -0.494 e. The van der Waals surface area contributed by atoms with Crippen LogP contribution in [0.5, 0.6) is 11.5 Å². The molecule has 5 heteroatoms. The lowest BCUT2D eigenvalue weighted by Crippen LogP contribution is -2.27. The molecule has 0 heterocycles. The van der Waals surface area contributed by atoms with Gasteiger partial charge in [-0.05, 0) is 61.1 Å². The number of ether oxygens (including phenoxy) is 2. The number of rotatable bonds is 8. The molecule has 0 aliphatic heterocycles. The van der Waals surface area contributed by atoms with Crippen LogP contribution in [0.4, 0.5) is 5.69 Å². The fourth-order valence-electron chi connectivity index (χ4n) is 2.02.